The molecule has 0 aromatic heterocycles. The number of nitrogens with one attached hydrogen (secondary N) is 1. The first-order valence-electron chi connectivity index (χ1n) is 9.78. The van der Waals surface area contributed by atoms with Gasteiger partial charge in [0.1, 0.15) is 0 Å². The zero-order valence-electron chi connectivity index (χ0n) is 17.0. The van der Waals surface area contributed by atoms with Gasteiger partial charge in [0.2, 0.25) is 0 Å². The van der Waals surface area contributed by atoms with Crippen LogP contribution < -0.4 is 10.3 Å². The quantitative estimate of drug-likeness (QED) is 0.560. The Morgan fingerprint density at radius 1 is 1.07 bits per heavy atom. The van der Waals surface area contributed by atoms with Crippen molar-refractivity contribution in [2.45, 2.75) is 6.54 Å². The molecular weight excluding hydrogens is 386 g/mol. The highest BCUT2D eigenvalue weighted by molar-refractivity contribution is 6.31. The molecule has 0 saturated carbocycles. The van der Waals surface area contributed by atoms with Crippen LogP contribution >= 0.6 is 11.6 Å². The molecule has 154 valence electrons. The van der Waals surface area contributed by atoms with Gasteiger partial charge in [-0.1, -0.05) is 41.9 Å². The summed E-state index contributed by atoms with van der Waals surface area (Å²) in [5, 5.41) is 4.88. The number of carbonyl (C=O) groups excluding carboxylic acids is 1. The Morgan fingerprint density at radius 3 is 2.38 bits per heavy atom. The number of benzene rings is 2. The first-order valence-corrected chi connectivity index (χ1v) is 10.2. The first kappa shape index (κ1) is 21.3. The third-order valence-electron chi connectivity index (χ3n) is 5.00. The Bertz CT molecular complexity index is 829. The number of amides is 1. The standard InChI is InChI=1S/C22H28ClN5O/c1-26(2)20-9-7-18(8-10-20)15-24-25-22(29)17-28-13-11-27(12-14-28)16-19-5-3-4-6-21(19)23/h3-10,15H,11-14,16-17H2,1-2H3,(H,25,29). The highest BCUT2D eigenvalue weighted by Gasteiger charge is 2.19. The number of hydrogen-bond donors (Lipinski definition) is 1. The fourth-order valence-corrected chi connectivity index (χ4v) is 3.44. The average molecular weight is 414 g/mol. The van der Waals surface area contributed by atoms with Crippen molar-refractivity contribution >= 4 is 29.4 Å². The molecule has 0 spiro atoms. The molecule has 0 unspecified atom stereocenters. The monoisotopic (exact) mass is 413 g/mol. The number of piperazine rings is 1. The molecule has 1 saturated heterocycles. The zero-order valence-corrected chi connectivity index (χ0v) is 17.8. The molecule has 1 aliphatic heterocycles. The molecule has 1 aliphatic rings. The summed E-state index contributed by atoms with van der Waals surface area (Å²) in [6, 6.07) is 15.9. The molecule has 6 nitrogen and oxygen atoms in total. The molecule has 29 heavy (non-hydrogen) atoms. The summed E-state index contributed by atoms with van der Waals surface area (Å²) in [7, 11) is 4.00. The van der Waals surface area contributed by atoms with E-state index >= 15 is 0 Å². The number of anilines is 1. The molecule has 3 rings (SSSR count). The van der Waals surface area contributed by atoms with E-state index in [1.165, 1.54) is 0 Å². The predicted octanol–water partition coefficient (Wildman–Crippen LogP) is 2.67. The highest BCUT2D eigenvalue weighted by Crippen LogP contribution is 2.17. The molecule has 0 bridgehead atoms. The van der Waals surface area contributed by atoms with Gasteiger partial charge < -0.3 is 4.90 Å². The number of rotatable bonds is 7. The summed E-state index contributed by atoms with van der Waals surface area (Å²) >= 11 is 6.25. The van der Waals surface area contributed by atoms with Crippen molar-refractivity contribution in [3.05, 3.63) is 64.7 Å². The minimum atomic E-state index is -0.0919. The van der Waals surface area contributed by atoms with E-state index in [2.05, 4.69) is 26.4 Å². The van der Waals surface area contributed by atoms with Crippen LogP contribution in [0.25, 0.3) is 0 Å². The summed E-state index contributed by atoms with van der Waals surface area (Å²) in [4.78, 5) is 18.7. The van der Waals surface area contributed by atoms with E-state index in [1.54, 1.807) is 6.21 Å². The molecule has 1 amide bonds. The van der Waals surface area contributed by atoms with Crippen LogP contribution in [-0.4, -0.2) is 68.7 Å². The lowest BCUT2D eigenvalue weighted by molar-refractivity contribution is -0.122. The smallest absolute Gasteiger partial charge is 0.254 e. The largest absolute Gasteiger partial charge is 0.378 e. The number of nitrogens with zero attached hydrogens (tertiary/aromatic N) is 4. The first-order chi connectivity index (χ1) is 14.0. The summed E-state index contributed by atoms with van der Waals surface area (Å²) in [6.45, 7) is 4.74. The van der Waals surface area contributed by atoms with E-state index in [4.69, 9.17) is 11.6 Å². The molecule has 1 heterocycles. The van der Waals surface area contributed by atoms with Crippen LogP contribution in [0, 0.1) is 0 Å². The van der Waals surface area contributed by atoms with Gasteiger partial charge in [0.25, 0.3) is 5.91 Å². The van der Waals surface area contributed by atoms with E-state index in [0.29, 0.717) is 6.54 Å². The summed E-state index contributed by atoms with van der Waals surface area (Å²) in [5.74, 6) is -0.0919. The third kappa shape index (κ3) is 6.56. The second-order valence-corrected chi connectivity index (χ2v) is 7.83. The lowest BCUT2D eigenvalue weighted by Gasteiger charge is -2.34. The molecule has 1 fully saturated rings. The van der Waals surface area contributed by atoms with E-state index in [9.17, 15) is 4.79 Å². The van der Waals surface area contributed by atoms with Crippen molar-refractivity contribution in [3.8, 4) is 0 Å². The van der Waals surface area contributed by atoms with E-state index in [-0.39, 0.29) is 5.91 Å². The van der Waals surface area contributed by atoms with Gasteiger partial charge in [-0.3, -0.25) is 14.6 Å². The molecule has 7 heteroatoms. The second kappa shape index (κ2) is 10.4. The summed E-state index contributed by atoms with van der Waals surface area (Å²) in [6.07, 6.45) is 1.67. The van der Waals surface area contributed by atoms with Crippen LogP contribution in [0.3, 0.4) is 0 Å². The van der Waals surface area contributed by atoms with Crippen molar-refractivity contribution in [2.75, 3.05) is 51.7 Å². The number of hydrogen-bond acceptors (Lipinski definition) is 5. The maximum Gasteiger partial charge on any atom is 0.254 e. The summed E-state index contributed by atoms with van der Waals surface area (Å²) in [5.41, 5.74) is 5.84. The normalized spacial score (nSPS) is 15.6. The van der Waals surface area contributed by atoms with Crippen LogP contribution in [-0.2, 0) is 11.3 Å². The molecule has 0 radical (unpaired) electrons. The average Bonchev–Trinajstić information content (AvgIpc) is 2.71. The number of halogens is 1. The lowest BCUT2D eigenvalue weighted by atomic mass is 10.2. The summed E-state index contributed by atoms with van der Waals surface area (Å²) < 4.78 is 0. The second-order valence-electron chi connectivity index (χ2n) is 7.42. The van der Waals surface area contributed by atoms with Crippen LogP contribution in [0.5, 0.6) is 0 Å². The minimum Gasteiger partial charge on any atom is -0.378 e. The fraction of sp³-hybridized carbons (Fsp3) is 0.364. The zero-order chi connectivity index (χ0) is 20.6. The molecule has 2 aromatic carbocycles. The molecule has 0 atom stereocenters. The number of carbonyl (C=O) groups is 1. The molecule has 1 N–H and O–H groups in total. The minimum absolute atomic E-state index is 0.0919. The third-order valence-corrected chi connectivity index (χ3v) is 5.36. The Labute approximate surface area is 177 Å². The van der Waals surface area contributed by atoms with Gasteiger partial charge >= 0.3 is 0 Å². The Hall–Kier alpha value is -2.41. The van der Waals surface area contributed by atoms with Crippen molar-refractivity contribution in [1.82, 2.24) is 15.2 Å². The lowest BCUT2D eigenvalue weighted by Crippen LogP contribution is -2.48. The molecule has 2 aromatic rings. The Morgan fingerprint density at radius 2 is 1.72 bits per heavy atom. The van der Waals surface area contributed by atoms with Crippen LogP contribution in [0.2, 0.25) is 5.02 Å². The van der Waals surface area contributed by atoms with Crippen molar-refractivity contribution in [3.63, 3.8) is 0 Å². The Kier molecular flexibility index (Phi) is 7.63. The topological polar surface area (TPSA) is 51.2 Å². The van der Waals surface area contributed by atoms with Gasteiger partial charge in [0.05, 0.1) is 12.8 Å². The van der Waals surface area contributed by atoms with E-state index < -0.39 is 0 Å². The van der Waals surface area contributed by atoms with Gasteiger partial charge in [-0.25, -0.2) is 5.43 Å². The Balaban J connectivity index is 1.39. The molecule has 0 aliphatic carbocycles. The van der Waals surface area contributed by atoms with Gasteiger partial charge in [-0.05, 0) is 29.3 Å². The van der Waals surface area contributed by atoms with Crippen molar-refractivity contribution in [1.29, 1.82) is 0 Å². The molecular formula is C22H28ClN5O. The van der Waals surface area contributed by atoms with Gasteiger partial charge in [0.15, 0.2) is 0 Å². The van der Waals surface area contributed by atoms with E-state index in [1.807, 2.05) is 61.5 Å². The number of hydrazone groups is 1. The van der Waals surface area contributed by atoms with Crippen molar-refractivity contribution < 1.29 is 4.79 Å². The van der Waals surface area contributed by atoms with E-state index in [0.717, 1.165) is 54.6 Å². The van der Waals surface area contributed by atoms with Gasteiger partial charge in [-0.2, -0.15) is 5.10 Å². The van der Waals surface area contributed by atoms with Gasteiger partial charge in [0, 0.05) is 57.5 Å². The SMILES string of the molecule is CN(C)c1ccc(C=NNC(=O)CN2CCN(Cc3ccccc3Cl)CC2)cc1. The predicted molar refractivity (Wildman–Crippen MR) is 120 cm³/mol. The maximum absolute atomic E-state index is 12.2. The maximum atomic E-state index is 12.2. The fourth-order valence-electron chi connectivity index (χ4n) is 3.25. The van der Waals surface area contributed by atoms with Crippen LogP contribution in [0.4, 0.5) is 5.69 Å². The van der Waals surface area contributed by atoms with Gasteiger partial charge in [-0.15, -0.1) is 0 Å². The van der Waals surface area contributed by atoms with Crippen LogP contribution in [0.1, 0.15) is 11.1 Å². The highest BCUT2D eigenvalue weighted by atomic mass is 35.5. The van der Waals surface area contributed by atoms with Crippen molar-refractivity contribution in [2.24, 2.45) is 5.10 Å². The van der Waals surface area contributed by atoms with Crippen LogP contribution in [0.15, 0.2) is 53.6 Å².